The summed E-state index contributed by atoms with van der Waals surface area (Å²) < 4.78 is 0. The average Bonchev–Trinajstić information content (AvgIpc) is 2.62. The lowest BCUT2D eigenvalue weighted by Crippen LogP contribution is -2.42. The standard InChI is InChI=1S/C18H28N4OS/c1-3-7-15(10-21-13-19)11-22-18(23)17(20)24-12-14(2)16-8-5-4-6-9-16/h4-6,8-9,14-15,17,21H,3,7,10-12,20H2,1-2H3,(H,22,23)/t14?,15-,17?/m1/s1. The summed E-state index contributed by atoms with van der Waals surface area (Å²) in [5.41, 5.74) is 7.24. The van der Waals surface area contributed by atoms with E-state index in [1.165, 1.54) is 17.3 Å². The molecule has 2 unspecified atom stereocenters. The zero-order valence-electron chi connectivity index (χ0n) is 14.5. The van der Waals surface area contributed by atoms with E-state index in [0.717, 1.165) is 18.6 Å². The van der Waals surface area contributed by atoms with Crippen LogP contribution >= 0.6 is 11.8 Å². The van der Waals surface area contributed by atoms with Crippen LogP contribution in [0.1, 0.15) is 38.2 Å². The van der Waals surface area contributed by atoms with E-state index in [2.05, 4.69) is 36.6 Å². The number of carbonyl (C=O) groups excluding carboxylic acids is 1. The molecule has 0 saturated carbocycles. The molecule has 0 bridgehead atoms. The van der Waals surface area contributed by atoms with Gasteiger partial charge in [0.1, 0.15) is 5.37 Å². The second-order valence-corrected chi connectivity index (χ2v) is 7.13. The number of amides is 1. The predicted molar refractivity (Wildman–Crippen MR) is 100 cm³/mol. The molecule has 3 atom stereocenters. The van der Waals surface area contributed by atoms with E-state index in [0.29, 0.717) is 19.0 Å². The summed E-state index contributed by atoms with van der Waals surface area (Å²) in [5.74, 6) is 1.26. The highest BCUT2D eigenvalue weighted by atomic mass is 32.2. The van der Waals surface area contributed by atoms with Gasteiger partial charge in [-0.1, -0.05) is 50.6 Å². The second-order valence-electron chi connectivity index (χ2n) is 5.96. The molecule has 0 aliphatic heterocycles. The van der Waals surface area contributed by atoms with Crippen LogP contribution in [0.2, 0.25) is 0 Å². The topological polar surface area (TPSA) is 90.9 Å². The Bertz CT molecular complexity index is 518. The van der Waals surface area contributed by atoms with Crippen LogP contribution in [0, 0.1) is 17.4 Å². The summed E-state index contributed by atoms with van der Waals surface area (Å²) >= 11 is 1.47. The number of hydrogen-bond acceptors (Lipinski definition) is 5. The molecule has 132 valence electrons. The Balaban J connectivity index is 2.34. The summed E-state index contributed by atoms with van der Waals surface area (Å²) in [6, 6.07) is 10.2. The van der Waals surface area contributed by atoms with Crippen molar-refractivity contribution >= 4 is 17.7 Å². The van der Waals surface area contributed by atoms with Crippen LogP contribution in [0.4, 0.5) is 0 Å². The van der Waals surface area contributed by atoms with E-state index in [9.17, 15) is 4.79 Å². The number of rotatable bonds is 11. The van der Waals surface area contributed by atoms with Gasteiger partial charge >= 0.3 is 0 Å². The molecule has 4 N–H and O–H groups in total. The zero-order valence-corrected chi connectivity index (χ0v) is 15.3. The summed E-state index contributed by atoms with van der Waals surface area (Å²) in [4.78, 5) is 12.1. The van der Waals surface area contributed by atoms with Gasteiger partial charge in [0.2, 0.25) is 5.91 Å². The van der Waals surface area contributed by atoms with Crippen molar-refractivity contribution in [3.8, 4) is 6.19 Å². The lowest BCUT2D eigenvalue weighted by molar-refractivity contribution is -0.120. The van der Waals surface area contributed by atoms with Crippen molar-refractivity contribution in [3.05, 3.63) is 35.9 Å². The number of hydrogen-bond donors (Lipinski definition) is 3. The van der Waals surface area contributed by atoms with E-state index in [-0.39, 0.29) is 11.8 Å². The summed E-state index contributed by atoms with van der Waals surface area (Å²) in [6.45, 7) is 5.35. The van der Waals surface area contributed by atoms with Crippen LogP contribution in [-0.4, -0.2) is 30.1 Å². The van der Waals surface area contributed by atoms with Gasteiger partial charge < -0.3 is 16.4 Å². The van der Waals surface area contributed by atoms with Crippen LogP contribution in [0.5, 0.6) is 0 Å². The van der Waals surface area contributed by atoms with Crippen molar-refractivity contribution in [3.63, 3.8) is 0 Å². The first-order valence-electron chi connectivity index (χ1n) is 8.40. The molecule has 6 heteroatoms. The van der Waals surface area contributed by atoms with Crippen LogP contribution in [0.3, 0.4) is 0 Å². The lowest BCUT2D eigenvalue weighted by Gasteiger charge is -2.19. The minimum absolute atomic E-state index is 0.140. The molecule has 0 aromatic heterocycles. The molecule has 0 spiro atoms. The first kappa shape index (κ1) is 20.3. The fourth-order valence-electron chi connectivity index (χ4n) is 2.42. The Hall–Kier alpha value is -1.71. The van der Waals surface area contributed by atoms with Crippen LogP contribution in [-0.2, 0) is 4.79 Å². The molecular weight excluding hydrogens is 320 g/mol. The third-order valence-corrected chi connectivity index (χ3v) is 5.15. The number of nitrogens with two attached hydrogens (primary N) is 1. The molecule has 1 aromatic rings. The van der Waals surface area contributed by atoms with Gasteiger partial charge in [-0.2, -0.15) is 5.26 Å². The molecule has 1 amide bonds. The first-order chi connectivity index (χ1) is 11.6. The Morgan fingerprint density at radius 2 is 2.04 bits per heavy atom. The first-order valence-corrected chi connectivity index (χ1v) is 9.45. The highest BCUT2D eigenvalue weighted by Crippen LogP contribution is 2.21. The second kappa shape index (κ2) is 11.8. The fourth-order valence-corrected chi connectivity index (χ4v) is 3.34. The molecule has 0 aliphatic rings. The third-order valence-electron chi connectivity index (χ3n) is 3.88. The van der Waals surface area contributed by atoms with Crippen LogP contribution in [0.25, 0.3) is 0 Å². The van der Waals surface area contributed by atoms with Gasteiger partial charge in [-0.25, -0.2) is 0 Å². The number of nitriles is 1. The van der Waals surface area contributed by atoms with Crippen molar-refractivity contribution in [2.24, 2.45) is 11.7 Å². The average molecular weight is 349 g/mol. The van der Waals surface area contributed by atoms with Crippen molar-refractivity contribution in [1.82, 2.24) is 10.6 Å². The van der Waals surface area contributed by atoms with Gasteiger partial charge in [0.05, 0.1) is 0 Å². The molecule has 1 rings (SSSR count). The van der Waals surface area contributed by atoms with Crippen LogP contribution < -0.4 is 16.4 Å². The van der Waals surface area contributed by atoms with E-state index in [1.54, 1.807) is 0 Å². The molecule has 1 aromatic carbocycles. The minimum Gasteiger partial charge on any atom is -0.354 e. The lowest BCUT2D eigenvalue weighted by atomic mass is 10.0. The SMILES string of the molecule is CCC[C@H](CNC#N)CNC(=O)C(N)SCC(C)c1ccccc1. The highest BCUT2D eigenvalue weighted by Gasteiger charge is 2.17. The largest absolute Gasteiger partial charge is 0.354 e. The smallest absolute Gasteiger partial charge is 0.247 e. The Morgan fingerprint density at radius 1 is 1.33 bits per heavy atom. The molecule has 5 nitrogen and oxygen atoms in total. The summed E-state index contributed by atoms with van der Waals surface area (Å²) in [5, 5.41) is 13.6. The maximum Gasteiger partial charge on any atom is 0.247 e. The maximum absolute atomic E-state index is 12.1. The monoisotopic (exact) mass is 348 g/mol. The predicted octanol–water partition coefficient (Wildman–Crippen LogP) is 2.41. The van der Waals surface area contributed by atoms with E-state index >= 15 is 0 Å². The summed E-state index contributed by atoms with van der Waals surface area (Å²) in [6.07, 6.45) is 3.90. The molecular formula is C18H28N4OS. The Labute approximate surface area is 149 Å². The molecule has 0 aliphatic carbocycles. The quantitative estimate of drug-likeness (QED) is 0.324. The zero-order chi connectivity index (χ0) is 17.8. The minimum atomic E-state index is -0.567. The number of carbonyl (C=O) groups is 1. The number of benzene rings is 1. The number of nitrogens with one attached hydrogen (secondary N) is 2. The molecule has 0 heterocycles. The van der Waals surface area contributed by atoms with Crippen molar-refractivity contribution in [2.75, 3.05) is 18.8 Å². The molecule has 0 saturated heterocycles. The normalized spacial score (nSPS) is 14.2. The number of nitrogens with zero attached hydrogens (tertiary/aromatic N) is 1. The Kier molecular flexibility index (Phi) is 9.97. The highest BCUT2D eigenvalue weighted by molar-refractivity contribution is 8.00. The van der Waals surface area contributed by atoms with Gasteiger partial charge in [-0.15, -0.1) is 11.8 Å². The molecule has 0 radical (unpaired) electrons. The van der Waals surface area contributed by atoms with Crippen molar-refractivity contribution < 1.29 is 4.79 Å². The number of thioether (sulfide) groups is 1. The van der Waals surface area contributed by atoms with Gasteiger partial charge in [0.15, 0.2) is 6.19 Å². The van der Waals surface area contributed by atoms with Gasteiger partial charge in [0.25, 0.3) is 0 Å². The fraction of sp³-hybridized carbons (Fsp3) is 0.556. The van der Waals surface area contributed by atoms with Gasteiger partial charge in [0, 0.05) is 18.8 Å². The molecule has 0 fully saturated rings. The van der Waals surface area contributed by atoms with E-state index < -0.39 is 5.37 Å². The third kappa shape index (κ3) is 7.71. The van der Waals surface area contributed by atoms with Crippen molar-refractivity contribution in [1.29, 1.82) is 5.26 Å². The van der Waals surface area contributed by atoms with Crippen LogP contribution in [0.15, 0.2) is 30.3 Å². The van der Waals surface area contributed by atoms with E-state index in [1.807, 2.05) is 24.4 Å². The van der Waals surface area contributed by atoms with Gasteiger partial charge in [-0.3, -0.25) is 4.79 Å². The van der Waals surface area contributed by atoms with Gasteiger partial charge in [-0.05, 0) is 23.8 Å². The Morgan fingerprint density at radius 3 is 2.67 bits per heavy atom. The van der Waals surface area contributed by atoms with Crippen molar-refractivity contribution in [2.45, 2.75) is 38.0 Å². The maximum atomic E-state index is 12.1. The molecule has 24 heavy (non-hydrogen) atoms. The van der Waals surface area contributed by atoms with E-state index in [4.69, 9.17) is 11.0 Å². The summed E-state index contributed by atoms with van der Waals surface area (Å²) in [7, 11) is 0.